The Morgan fingerprint density at radius 1 is 1.29 bits per heavy atom. The summed E-state index contributed by atoms with van der Waals surface area (Å²) in [6.07, 6.45) is 12.6. The minimum atomic E-state index is 0.859. The Labute approximate surface area is 86.2 Å². The van der Waals surface area contributed by atoms with E-state index in [0.29, 0.717) is 0 Å². The highest BCUT2D eigenvalue weighted by molar-refractivity contribution is 5.41. The van der Waals surface area contributed by atoms with E-state index in [1.807, 2.05) is 0 Å². The van der Waals surface area contributed by atoms with Gasteiger partial charge in [0.15, 0.2) is 0 Å². The number of hydrogen-bond donors (Lipinski definition) is 0. The van der Waals surface area contributed by atoms with Crippen molar-refractivity contribution in [3.8, 4) is 0 Å². The maximum absolute atomic E-state index is 5.67. The molecule has 2 aliphatic rings. The monoisotopic (exact) mass is 190 g/mol. The maximum Gasteiger partial charge on any atom is 0.0968 e. The van der Waals surface area contributed by atoms with Crippen LogP contribution in [0.25, 0.3) is 0 Å². The summed E-state index contributed by atoms with van der Waals surface area (Å²) >= 11 is 0. The van der Waals surface area contributed by atoms with E-state index < -0.39 is 0 Å². The van der Waals surface area contributed by atoms with E-state index in [4.69, 9.17) is 4.74 Å². The van der Waals surface area contributed by atoms with Crippen LogP contribution in [0.3, 0.4) is 0 Å². The highest BCUT2D eigenvalue weighted by Gasteiger charge is 2.14. The zero-order chi connectivity index (χ0) is 9.80. The van der Waals surface area contributed by atoms with Crippen LogP contribution in [0.1, 0.15) is 39.0 Å². The Hall–Kier alpha value is -0.980. The van der Waals surface area contributed by atoms with Gasteiger partial charge in [-0.2, -0.15) is 0 Å². The van der Waals surface area contributed by atoms with E-state index in [9.17, 15) is 0 Å². The molecule has 2 aliphatic carbocycles. The van der Waals surface area contributed by atoms with Crippen molar-refractivity contribution in [1.29, 1.82) is 0 Å². The molecule has 0 amide bonds. The van der Waals surface area contributed by atoms with Crippen molar-refractivity contribution in [1.82, 2.24) is 0 Å². The van der Waals surface area contributed by atoms with Gasteiger partial charge in [-0.1, -0.05) is 24.6 Å². The Balaban J connectivity index is 2.05. The van der Waals surface area contributed by atoms with Gasteiger partial charge in [0.2, 0.25) is 0 Å². The molecule has 1 nitrogen and oxygen atoms in total. The summed E-state index contributed by atoms with van der Waals surface area (Å²) in [5.41, 5.74) is 3.03. The fourth-order valence-electron chi connectivity index (χ4n) is 2.02. The van der Waals surface area contributed by atoms with Gasteiger partial charge in [0, 0.05) is 6.42 Å². The second kappa shape index (κ2) is 4.50. The summed E-state index contributed by atoms with van der Waals surface area (Å²) in [6.45, 7) is 3.01. The second-order valence-corrected chi connectivity index (χ2v) is 3.96. The van der Waals surface area contributed by atoms with Crippen LogP contribution in [0.15, 0.2) is 35.1 Å². The molecule has 0 saturated carbocycles. The molecule has 76 valence electrons. The molecule has 0 atom stereocenters. The summed E-state index contributed by atoms with van der Waals surface area (Å²) in [6, 6.07) is 0. The van der Waals surface area contributed by atoms with E-state index in [1.54, 1.807) is 5.57 Å². The maximum atomic E-state index is 5.67. The first-order valence-corrected chi connectivity index (χ1v) is 5.62. The zero-order valence-corrected chi connectivity index (χ0v) is 8.88. The van der Waals surface area contributed by atoms with Crippen LogP contribution in [-0.2, 0) is 4.74 Å². The summed E-state index contributed by atoms with van der Waals surface area (Å²) in [5.74, 6) is 1.18. The van der Waals surface area contributed by atoms with Crippen molar-refractivity contribution < 1.29 is 4.74 Å². The molecule has 1 heteroatoms. The number of rotatable bonds is 3. The van der Waals surface area contributed by atoms with Gasteiger partial charge in [0.05, 0.1) is 12.4 Å². The summed E-state index contributed by atoms with van der Waals surface area (Å²) < 4.78 is 5.67. The average molecular weight is 190 g/mol. The number of ether oxygens (including phenoxy) is 1. The lowest BCUT2D eigenvalue weighted by Crippen LogP contribution is -2.04. The van der Waals surface area contributed by atoms with Crippen molar-refractivity contribution >= 4 is 0 Å². The van der Waals surface area contributed by atoms with Crippen molar-refractivity contribution in [2.75, 3.05) is 6.61 Å². The summed E-state index contributed by atoms with van der Waals surface area (Å²) in [4.78, 5) is 0. The largest absolute Gasteiger partial charge is 0.498 e. The summed E-state index contributed by atoms with van der Waals surface area (Å²) in [7, 11) is 0. The SMILES string of the molecule is CCCOC1=CC2=C(CCC=C2)CC1. The van der Waals surface area contributed by atoms with Crippen LogP contribution in [0.2, 0.25) is 0 Å². The minimum absolute atomic E-state index is 0.859. The van der Waals surface area contributed by atoms with Gasteiger partial charge >= 0.3 is 0 Å². The lowest BCUT2D eigenvalue weighted by molar-refractivity contribution is 0.201. The minimum Gasteiger partial charge on any atom is -0.498 e. The van der Waals surface area contributed by atoms with E-state index >= 15 is 0 Å². The van der Waals surface area contributed by atoms with Crippen LogP contribution in [0, 0.1) is 0 Å². The Morgan fingerprint density at radius 3 is 3.07 bits per heavy atom. The van der Waals surface area contributed by atoms with Gasteiger partial charge in [-0.3, -0.25) is 0 Å². The van der Waals surface area contributed by atoms with E-state index in [1.165, 1.54) is 30.6 Å². The van der Waals surface area contributed by atoms with Gasteiger partial charge in [-0.05, 0) is 37.3 Å². The van der Waals surface area contributed by atoms with Crippen LogP contribution >= 0.6 is 0 Å². The normalized spacial score (nSPS) is 20.5. The van der Waals surface area contributed by atoms with Crippen LogP contribution in [0.4, 0.5) is 0 Å². The van der Waals surface area contributed by atoms with E-state index in [-0.39, 0.29) is 0 Å². The molecule has 0 aliphatic heterocycles. The topological polar surface area (TPSA) is 9.23 Å². The molecule has 14 heavy (non-hydrogen) atoms. The van der Waals surface area contributed by atoms with Crippen molar-refractivity contribution in [2.24, 2.45) is 0 Å². The Kier molecular flexibility index (Phi) is 3.07. The first-order valence-electron chi connectivity index (χ1n) is 5.62. The third-order valence-electron chi connectivity index (χ3n) is 2.80. The molecule has 0 aromatic heterocycles. The van der Waals surface area contributed by atoms with E-state index in [2.05, 4.69) is 25.2 Å². The van der Waals surface area contributed by atoms with Crippen LogP contribution in [-0.4, -0.2) is 6.61 Å². The van der Waals surface area contributed by atoms with Crippen molar-refractivity contribution in [2.45, 2.75) is 39.0 Å². The predicted octanol–water partition coefficient (Wildman–Crippen LogP) is 3.74. The lowest BCUT2D eigenvalue weighted by atomic mass is 9.89. The molecule has 0 bridgehead atoms. The molecule has 0 aromatic rings. The molecular formula is C13H18O. The molecule has 0 N–H and O–H groups in total. The standard InChI is InChI=1S/C13H18O/c1-2-9-14-13-8-7-11-5-3-4-6-12(11)10-13/h4,6,10H,2-3,5,7-9H2,1H3. The molecule has 0 aromatic carbocycles. The zero-order valence-electron chi connectivity index (χ0n) is 8.88. The highest BCUT2D eigenvalue weighted by Crippen LogP contribution is 2.31. The molecule has 2 rings (SSSR count). The number of hydrogen-bond acceptors (Lipinski definition) is 1. The predicted molar refractivity (Wildman–Crippen MR) is 59.0 cm³/mol. The van der Waals surface area contributed by atoms with Gasteiger partial charge in [-0.25, -0.2) is 0 Å². The summed E-state index contributed by atoms with van der Waals surface area (Å²) in [5, 5.41) is 0. The van der Waals surface area contributed by atoms with Crippen molar-refractivity contribution in [3.05, 3.63) is 35.1 Å². The second-order valence-electron chi connectivity index (χ2n) is 3.96. The fraction of sp³-hybridized carbons (Fsp3) is 0.538. The third kappa shape index (κ3) is 2.09. The highest BCUT2D eigenvalue weighted by atomic mass is 16.5. The first-order chi connectivity index (χ1) is 6.90. The molecule has 0 saturated heterocycles. The molecule has 0 unspecified atom stereocenters. The van der Waals surface area contributed by atoms with Crippen molar-refractivity contribution in [3.63, 3.8) is 0 Å². The van der Waals surface area contributed by atoms with E-state index in [0.717, 1.165) is 19.4 Å². The third-order valence-corrected chi connectivity index (χ3v) is 2.80. The molecular weight excluding hydrogens is 172 g/mol. The first kappa shape index (κ1) is 9.57. The average Bonchev–Trinajstić information content (AvgIpc) is 2.26. The lowest BCUT2D eigenvalue weighted by Gasteiger charge is -2.21. The Bertz CT molecular complexity index is 294. The van der Waals surface area contributed by atoms with Crippen LogP contribution in [0.5, 0.6) is 0 Å². The smallest absolute Gasteiger partial charge is 0.0968 e. The van der Waals surface area contributed by atoms with Crippen LogP contribution < -0.4 is 0 Å². The number of allylic oxidation sites excluding steroid dienone is 6. The molecule has 0 radical (unpaired) electrons. The van der Waals surface area contributed by atoms with Gasteiger partial charge in [0.25, 0.3) is 0 Å². The quantitative estimate of drug-likeness (QED) is 0.658. The Morgan fingerprint density at radius 2 is 2.21 bits per heavy atom. The molecule has 0 heterocycles. The van der Waals surface area contributed by atoms with Gasteiger partial charge < -0.3 is 4.74 Å². The fourth-order valence-corrected chi connectivity index (χ4v) is 2.02. The van der Waals surface area contributed by atoms with Gasteiger partial charge in [0.1, 0.15) is 0 Å². The van der Waals surface area contributed by atoms with Gasteiger partial charge in [-0.15, -0.1) is 0 Å². The molecule has 0 spiro atoms. The molecule has 0 fully saturated rings.